The van der Waals surface area contributed by atoms with Gasteiger partial charge in [-0.3, -0.25) is 4.79 Å². The van der Waals surface area contributed by atoms with Crippen molar-refractivity contribution in [2.24, 2.45) is 5.10 Å². The first kappa shape index (κ1) is 20.7. The highest BCUT2D eigenvalue weighted by Crippen LogP contribution is 2.21. The van der Waals surface area contributed by atoms with Gasteiger partial charge in [-0.25, -0.2) is 15.2 Å². The van der Waals surface area contributed by atoms with Gasteiger partial charge >= 0.3 is 5.97 Å². The average Bonchev–Trinajstić information content (AvgIpc) is 3.20. The molecule has 0 saturated carbocycles. The minimum absolute atomic E-state index is 0.152. The van der Waals surface area contributed by atoms with Gasteiger partial charge in [0, 0.05) is 18.5 Å². The van der Waals surface area contributed by atoms with Crippen molar-refractivity contribution in [1.82, 2.24) is 10.4 Å². The molecule has 1 fully saturated rings. The Hall–Kier alpha value is -2.98. The summed E-state index contributed by atoms with van der Waals surface area (Å²) >= 11 is 1.52. The van der Waals surface area contributed by atoms with Crippen molar-refractivity contribution in [3.8, 4) is 5.75 Å². The molecule has 0 bridgehead atoms. The third-order valence-electron chi connectivity index (χ3n) is 4.15. The molecule has 10 heteroatoms. The van der Waals surface area contributed by atoms with Gasteiger partial charge in [-0.05, 0) is 36.8 Å². The van der Waals surface area contributed by atoms with Gasteiger partial charge in [-0.2, -0.15) is 5.10 Å². The predicted octanol–water partition coefficient (Wildman–Crippen LogP) is 1.53. The van der Waals surface area contributed by atoms with Gasteiger partial charge in [0.05, 0.1) is 31.0 Å². The summed E-state index contributed by atoms with van der Waals surface area (Å²) in [5.41, 5.74) is 4.66. The van der Waals surface area contributed by atoms with Gasteiger partial charge in [0.15, 0.2) is 11.7 Å². The average molecular weight is 418 g/mol. The molecule has 154 valence electrons. The van der Waals surface area contributed by atoms with Crippen molar-refractivity contribution in [2.75, 3.05) is 37.8 Å². The number of carboxylic acids is 1. The summed E-state index contributed by atoms with van der Waals surface area (Å²) in [7, 11) is 0. The maximum atomic E-state index is 12.2. The number of carboxylic acid groups (broad SMARTS) is 1. The largest absolute Gasteiger partial charge is 0.482 e. The van der Waals surface area contributed by atoms with Crippen LogP contribution in [0.1, 0.15) is 18.2 Å². The van der Waals surface area contributed by atoms with Crippen LogP contribution in [0.4, 0.5) is 5.13 Å². The van der Waals surface area contributed by atoms with Gasteiger partial charge in [-0.15, -0.1) is 11.3 Å². The molecule has 1 aromatic heterocycles. The van der Waals surface area contributed by atoms with Crippen molar-refractivity contribution in [2.45, 2.75) is 13.3 Å². The van der Waals surface area contributed by atoms with Crippen molar-refractivity contribution >= 4 is 34.1 Å². The number of hydrogen-bond donors (Lipinski definition) is 2. The van der Waals surface area contributed by atoms with E-state index < -0.39 is 12.6 Å². The van der Waals surface area contributed by atoms with E-state index in [1.54, 1.807) is 31.2 Å². The number of nitrogens with one attached hydrogen (secondary N) is 1. The molecule has 1 aliphatic heterocycles. The Morgan fingerprint density at radius 1 is 1.31 bits per heavy atom. The third-order valence-corrected chi connectivity index (χ3v) is 5.10. The molecule has 0 radical (unpaired) electrons. The smallest absolute Gasteiger partial charge is 0.341 e. The van der Waals surface area contributed by atoms with Gasteiger partial charge < -0.3 is 19.5 Å². The lowest BCUT2D eigenvalue weighted by Crippen LogP contribution is -2.36. The summed E-state index contributed by atoms with van der Waals surface area (Å²) in [5, 5.41) is 15.5. The second-order valence-electron chi connectivity index (χ2n) is 6.34. The van der Waals surface area contributed by atoms with Crippen LogP contribution in [0.5, 0.6) is 5.75 Å². The molecule has 2 aromatic rings. The molecule has 2 heterocycles. The van der Waals surface area contributed by atoms with Crippen LogP contribution in [0.3, 0.4) is 0 Å². The van der Waals surface area contributed by atoms with Gasteiger partial charge in [-0.1, -0.05) is 0 Å². The first-order chi connectivity index (χ1) is 14.0. The predicted molar refractivity (Wildman–Crippen MR) is 109 cm³/mol. The van der Waals surface area contributed by atoms with E-state index >= 15 is 0 Å². The number of carbonyl (C=O) groups excluding carboxylic acids is 1. The van der Waals surface area contributed by atoms with Crippen LogP contribution >= 0.6 is 11.3 Å². The van der Waals surface area contributed by atoms with Crippen LogP contribution in [0.15, 0.2) is 34.7 Å². The minimum atomic E-state index is -1.04. The highest BCUT2D eigenvalue weighted by Gasteiger charge is 2.15. The van der Waals surface area contributed by atoms with E-state index in [4.69, 9.17) is 14.6 Å². The molecule has 0 aliphatic carbocycles. The topological polar surface area (TPSA) is 113 Å². The Bertz CT molecular complexity index is 875. The van der Waals surface area contributed by atoms with E-state index in [1.807, 2.05) is 5.38 Å². The maximum Gasteiger partial charge on any atom is 0.341 e. The molecule has 29 heavy (non-hydrogen) atoms. The van der Waals surface area contributed by atoms with Gasteiger partial charge in [0.1, 0.15) is 5.75 Å². The van der Waals surface area contributed by atoms with Gasteiger partial charge in [0.2, 0.25) is 5.91 Å². The Kier molecular flexibility index (Phi) is 7.14. The molecular weight excluding hydrogens is 396 g/mol. The summed E-state index contributed by atoms with van der Waals surface area (Å²) in [6, 6.07) is 6.80. The number of hydrogen-bond acceptors (Lipinski definition) is 8. The van der Waals surface area contributed by atoms with Crippen LogP contribution in [0.25, 0.3) is 0 Å². The van der Waals surface area contributed by atoms with E-state index in [0.717, 1.165) is 23.8 Å². The number of thiazole rings is 1. The van der Waals surface area contributed by atoms with Crippen molar-refractivity contribution in [3.63, 3.8) is 0 Å². The Morgan fingerprint density at radius 2 is 2.03 bits per heavy atom. The van der Waals surface area contributed by atoms with Crippen LogP contribution < -0.4 is 15.1 Å². The number of morpholine rings is 1. The van der Waals surface area contributed by atoms with Crippen molar-refractivity contribution in [3.05, 3.63) is 40.9 Å². The Balaban J connectivity index is 1.50. The molecular formula is C19H22N4O5S. The monoisotopic (exact) mass is 418 g/mol. The van der Waals surface area contributed by atoms with Crippen LogP contribution in [-0.4, -0.2) is 60.6 Å². The highest BCUT2D eigenvalue weighted by atomic mass is 32.1. The van der Waals surface area contributed by atoms with E-state index in [0.29, 0.717) is 30.4 Å². The number of nitrogens with zero attached hydrogens (tertiary/aromatic N) is 3. The molecule has 2 N–H and O–H groups in total. The summed E-state index contributed by atoms with van der Waals surface area (Å²) in [4.78, 5) is 29.4. The van der Waals surface area contributed by atoms with E-state index in [1.165, 1.54) is 11.3 Å². The van der Waals surface area contributed by atoms with Crippen LogP contribution in [0.2, 0.25) is 0 Å². The molecule has 1 saturated heterocycles. The molecule has 0 spiro atoms. The number of hydrazone groups is 1. The second kappa shape index (κ2) is 9.99. The quantitative estimate of drug-likeness (QED) is 0.494. The number of anilines is 1. The summed E-state index contributed by atoms with van der Waals surface area (Å²) in [5.74, 6) is -0.830. The van der Waals surface area contributed by atoms with Crippen LogP contribution in [0, 0.1) is 0 Å². The number of aliphatic carboxylic acids is 1. The molecule has 9 nitrogen and oxygen atoms in total. The molecule has 1 amide bonds. The molecule has 0 atom stereocenters. The molecule has 1 aliphatic rings. The third kappa shape index (κ3) is 6.26. The minimum Gasteiger partial charge on any atom is -0.482 e. The van der Waals surface area contributed by atoms with E-state index in [2.05, 4.69) is 20.4 Å². The number of aromatic nitrogens is 1. The second-order valence-corrected chi connectivity index (χ2v) is 7.17. The number of benzene rings is 1. The first-order valence-electron chi connectivity index (χ1n) is 9.06. The number of rotatable bonds is 8. The molecule has 0 unspecified atom stereocenters. The maximum absolute atomic E-state index is 12.2. The SMILES string of the molecule is C/C(=N/NC(=O)Cc1csc(N2CCOCC2)n1)c1ccc(OCC(=O)O)cc1. The lowest BCUT2D eigenvalue weighted by Gasteiger charge is -2.26. The van der Waals surface area contributed by atoms with Crippen LogP contribution in [-0.2, 0) is 20.7 Å². The van der Waals surface area contributed by atoms with Gasteiger partial charge in [0.25, 0.3) is 0 Å². The number of amides is 1. The lowest BCUT2D eigenvalue weighted by molar-refractivity contribution is -0.139. The number of carbonyl (C=O) groups is 2. The zero-order valence-corrected chi connectivity index (χ0v) is 16.8. The normalized spacial score (nSPS) is 14.5. The summed E-state index contributed by atoms with van der Waals surface area (Å²) in [6.45, 7) is 4.37. The van der Waals surface area contributed by atoms with E-state index in [-0.39, 0.29) is 12.3 Å². The molecule has 1 aromatic carbocycles. The first-order valence-corrected chi connectivity index (χ1v) is 9.94. The fourth-order valence-electron chi connectivity index (χ4n) is 2.63. The fourth-order valence-corrected chi connectivity index (χ4v) is 3.51. The Morgan fingerprint density at radius 3 is 2.72 bits per heavy atom. The molecule has 3 rings (SSSR count). The Labute approximate surface area is 172 Å². The zero-order chi connectivity index (χ0) is 20.6. The van der Waals surface area contributed by atoms with E-state index in [9.17, 15) is 9.59 Å². The summed E-state index contributed by atoms with van der Waals surface area (Å²) < 4.78 is 10.4. The highest BCUT2D eigenvalue weighted by molar-refractivity contribution is 7.13. The summed E-state index contributed by atoms with van der Waals surface area (Å²) in [6.07, 6.45) is 0.152. The lowest BCUT2D eigenvalue weighted by atomic mass is 10.1. The van der Waals surface area contributed by atoms with Crippen molar-refractivity contribution in [1.29, 1.82) is 0 Å². The van der Waals surface area contributed by atoms with Crippen molar-refractivity contribution < 1.29 is 24.2 Å². The number of ether oxygens (including phenoxy) is 2. The zero-order valence-electron chi connectivity index (χ0n) is 16.0. The standard InChI is InChI=1S/C19H22N4O5S/c1-13(14-2-4-16(5-3-14)28-11-18(25)26)21-22-17(24)10-15-12-29-19(20-15)23-6-8-27-9-7-23/h2-5,12H,6-11H2,1H3,(H,22,24)(H,25,26)/b21-13-. The fraction of sp³-hybridized carbons (Fsp3) is 0.368.